The number of rotatable bonds is 17. The van der Waals surface area contributed by atoms with Crippen molar-refractivity contribution in [2.45, 2.75) is 86.9 Å². The molecule has 0 atom stereocenters. The van der Waals surface area contributed by atoms with Crippen LogP contribution in [0.3, 0.4) is 0 Å². The lowest BCUT2D eigenvalue weighted by atomic mass is 10.1. The van der Waals surface area contributed by atoms with Crippen molar-refractivity contribution >= 4 is 152 Å². The minimum Gasteiger partial charge on any atom is -0.444 e. The van der Waals surface area contributed by atoms with Gasteiger partial charge in [-0.1, -0.05) is 62.9 Å². The molecule has 5 amide bonds. The molecule has 0 aliphatic carbocycles. The molecule has 3 aliphatic heterocycles. The Bertz CT molecular complexity index is 4380. The second kappa shape index (κ2) is 35.9. The molecule has 104 heavy (non-hydrogen) atoms. The van der Waals surface area contributed by atoms with Gasteiger partial charge in [0.05, 0.1) is 17.1 Å². The van der Waals surface area contributed by atoms with Gasteiger partial charge in [-0.15, -0.1) is 34.0 Å². The number of nitrogen functional groups attached to an aromatic ring is 3. The lowest BCUT2D eigenvalue weighted by Gasteiger charge is -2.36. The smallest absolute Gasteiger partial charge is 0.410 e. The summed E-state index contributed by atoms with van der Waals surface area (Å²) in [5.41, 5.74) is 26.0. The Kier molecular flexibility index (Phi) is 27.7. The number of halogens is 1. The number of ether oxygens (including phenoxy) is 2. The first-order valence-electron chi connectivity index (χ1n) is 34.2. The number of fused-ring (bicyclic) bond motifs is 3. The van der Waals surface area contributed by atoms with E-state index >= 15 is 0 Å². The highest BCUT2D eigenvalue weighted by Gasteiger charge is 2.29. The highest BCUT2D eigenvalue weighted by Crippen LogP contribution is 2.37. The molecule has 0 saturated carbocycles. The van der Waals surface area contributed by atoms with Gasteiger partial charge in [0.15, 0.2) is 0 Å². The van der Waals surface area contributed by atoms with Crippen molar-refractivity contribution in [1.82, 2.24) is 46.0 Å². The van der Waals surface area contributed by atoms with E-state index in [4.69, 9.17) is 38.3 Å². The second-order valence-electron chi connectivity index (χ2n) is 27.5. The number of hydrogen-bond donors (Lipinski definition) is 7. The minimum atomic E-state index is -0.487. The average Bonchev–Trinajstić information content (AvgIpc) is 1.64. The zero-order chi connectivity index (χ0) is 73.0. The normalized spacial score (nSPS) is 13.9. The van der Waals surface area contributed by atoms with Gasteiger partial charge < -0.3 is 82.2 Å². The van der Waals surface area contributed by atoms with Crippen LogP contribution < -0.4 is 63.0 Å². The van der Waals surface area contributed by atoms with Crippen molar-refractivity contribution in [3.63, 3.8) is 0 Å². The number of nitrogens with two attached hydrogens (primary N) is 3. The van der Waals surface area contributed by atoms with E-state index in [1.807, 2.05) is 104 Å². The van der Waals surface area contributed by atoms with E-state index in [-0.39, 0.29) is 44.8 Å². The van der Waals surface area contributed by atoms with Crippen molar-refractivity contribution in [3.8, 4) is 0 Å². The third-order valence-electron chi connectivity index (χ3n) is 17.2. The summed E-state index contributed by atoms with van der Waals surface area (Å²) in [6, 6.07) is 36.4. The highest BCUT2D eigenvalue weighted by molar-refractivity contribution is 7.22. The first-order chi connectivity index (χ1) is 48.6. The number of amides is 5. The van der Waals surface area contributed by atoms with Crippen LogP contribution in [0.15, 0.2) is 109 Å². The summed E-state index contributed by atoms with van der Waals surface area (Å²) in [6.45, 7) is 22.5. The zero-order valence-electron chi connectivity index (χ0n) is 59.8. The van der Waals surface area contributed by atoms with Gasteiger partial charge in [-0.25, -0.2) is 24.5 Å². The maximum absolute atomic E-state index is 12.8. The predicted octanol–water partition coefficient (Wildman–Crippen LogP) is 12.1. The molecule has 10 N–H and O–H groups in total. The van der Waals surface area contributed by atoms with Gasteiger partial charge in [-0.3, -0.25) is 14.4 Å². The number of aromatic nitrogens is 3. The molecule has 0 spiro atoms. The minimum absolute atomic E-state index is 0. The van der Waals surface area contributed by atoms with Crippen LogP contribution in [0.5, 0.6) is 0 Å². The van der Waals surface area contributed by atoms with Crippen molar-refractivity contribution in [1.29, 1.82) is 0 Å². The number of nitrogens with one attached hydrogen (secondary N) is 4. The molecule has 0 unspecified atom stereocenters. The Morgan fingerprint density at radius 3 is 1.06 bits per heavy atom. The largest absolute Gasteiger partial charge is 0.444 e. The van der Waals surface area contributed by atoms with E-state index in [1.54, 1.807) is 21.9 Å². The first kappa shape index (κ1) is 80.3. The number of thiophene rings is 3. The molecule has 558 valence electrons. The molecule has 3 fully saturated rings. The maximum atomic E-state index is 12.8. The Morgan fingerprint density at radius 2 is 0.750 bits per heavy atom. The Hall–Kier alpha value is -9.41. The Balaban J connectivity index is 0.000000197. The lowest BCUT2D eigenvalue weighted by molar-refractivity contribution is 0.0230. The summed E-state index contributed by atoms with van der Waals surface area (Å²) in [4.78, 5) is 94.0. The van der Waals surface area contributed by atoms with E-state index in [0.717, 1.165) is 119 Å². The van der Waals surface area contributed by atoms with Gasteiger partial charge >= 0.3 is 12.2 Å². The van der Waals surface area contributed by atoms with Gasteiger partial charge in [0.25, 0.3) is 17.7 Å². The number of hydrogen-bond acceptors (Lipinski definition) is 22. The summed E-state index contributed by atoms with van der Waals surface area (Å²) in [5.74, 6) is 1.15. The number of pyridine rings is 3. The van der Waals surface area contributed by atoms with Gasteiger partial charge in [-0.05, 0) is 150 Å². The molecule has 6 aromatic heterocycles. The Morgan fingerprint density at radius 1 is 0.452 bits per heavy atom. The Labute approximate surface area is 628 Å². The van der Waals surface area contributed by atoms with Crippen LogP contribution in [-0.2, 0) is 28.7 Å². The van der Waals surface area contributed by atoms with Crippen LogP contribution in [0.2, 0.25) is 5.15 Å². The van der Waals surface area contributed by atoms with E-state index in [0.29, 0.717) is 100 Å². The van der Waals surface area contributed by atoms with Crippen molar-refractivity contribution in [2.24, 2.45) is 0 Å². The van der Waals surface area contributed by atoms with Crippen LogP contribution in [-0.4, -0.2) is 192 Å². The van der Waals surface area contributed by atoms with E-state index < -0.39 is 11.2 Å². The number of carbonyl (C=O) groups is 5. The molecular formula is C76H102ClN17O7S3. The quantitative estimate of drug-likeness (QED) is 0.0417. The van der Waals surface area contributed by atoms with Gasteiger partial charge in [0.2, 0.25) is 0 Å². The number of carbonyl (C=O) groups excluding carboxylic acids is 5. The van der Waals surface area contributed by atoms with Crippen LogP contribution >= 0.6 is 45.6 Å². The molecule has 3 aromatic carbocycles. The van der Waals surface area contributed by atoms with Gasteiger partial charge in [0, 0.05) is 160 Å². The summed E-state index contributed by atoms with van der Waals surface area (Å²) in [7, 11) is 7.74. The predicted molar refractivity (Wildman–Crippen MR) is 432 cm³/mol. The van der Waals surface area contributed by atoms with Crippen LogP contribution in [0.1, 0.15) is 102 Å². The fraction of sp³-hybridized carbons (Fsp3) is 0.421. The third kappa shape index (κ3) is 21.2. The summed E-state index contributed by atoms with van der Waals surface area (Å²) in [6.07, 6.45) is 1.68. The van der Waals surface area contributed by atoms with Gasteiger partial charge in [0.1, 0.15) is 57.1 Å². The summed E-state index contributed by atoms with van der Waals surface area (Å²) in [5, 5.41) is 15.1. The van der Waals surface area contributed by atoms with E-state index in [1.165, 1.54) is 45.3 Å². The fourth-order valence-electron chi connectivity index (χ4n) is 11.6. The topological polar surface area (TPSA) is 291 Å². The second-order valence-corrected chi connectivity index (χ2v) is 30.9. The molecule has 12 rings (SSSR count). The monoisotopic (exact) mass is 1500 g/mol. The number of nitrogens with zero attached hydrogens (tertiary/aromatic N) is 10. The molecular weight excluding hydrogens is 1390 g/mol. The van der Waals surface area contributed by atoms with Crippen LogP contribution in [0.4, 0.5) is 55.3 Å². The number of anilines is 8. The molecule has 0 radical (unpaired) electrons. The van der Waals surface area contributed by atoms with E-state index in [9.17, 15) is 24.0 Å². The molecule has 3 saturated heterocycles. The standard InChI is InChI=1S/C27H36N6O3S.C25H30ClN5O3S.C22H28N6OS.2CH4/c1-27(2,3)36-26(35)33-16-14-32(15-17-33)19-8-6-18(7-9-19)12-13-29-24(34)23-22(28)20-10-11-21(31(4)5)30-25(20)37-23;1-25(2,3)34-24(33)31-14-12-30(13-15-31)17-6-4-16(5-7-17)10-11-28-22(32)21-20(27)18-8-9-19(26)29-23(18)35-21;1-27(2)18-8-7-17-19(23)20(30-22(17)26-18)21(29)25-10-9-15-3-5-16(6-4-15)28-13-11-24-12-14-28;;/h6-11H,12-17,28H2,1-5H3,(H,29,34);4-9H,10-15,27H2,1-3H3,(H,28,32);3-8,24H,9-14,23H2,1-2H3,(H,25,29);2*1H4. The first-order valence-corrected chi connectivity index (χ1v) is 37.1. The van der Waals surface area contributed by atoms with E-state index in [2.05, 4.69) is 124 Å². The van der Waals surface area contributed by atoms with Crippen LogP contribution in [0, 0.1) is 0 Å². The molecule has 24 nitrogen and oxygen atoms in total. The lowest BCUT2D eigenvalue weighted by Crippen LogP contribution is -2.50. The molecule has 3 aliphatic rings. The molecule has 9 aromatic rings. The van der Waals surface area contributed by atoms with Crippen molar-refractivity contribution in [3.05, 3.63) is 146 Å². The SMILES string of the molecule is C.C.CC(C)(C)OC(=O)N1CCN(c2ccc(CCNC(=O)c3sc4nc(Cl)ccc4c3N)cc2)CC1.CN(C)c1ccc2c(N)c(C(=O)NCCc3ccc(N4CCN(C(=O)OC(C)(C)C)CC4)cc3)sc2n1.CN(C)c1ccc2c(N)c(C(=O)NCCc3ccc(N4CCNCC4)cc3)sc2n1. The van der Waals surface area contributed by atoms with Crippen LogP contribution in [0.25, 0.3) is 30.6 Å². The molecule has 9 heterocycles. The molecule has 28 heteroatoms. The number of benzene rings is 3. The summed E-state index contributed by atoms with van der Waals surface area (Å²) >= 11 is 9.85. The highest BCUT2D eigenvalue weighted by atomic mass is 35.5. The fourth-order valence-corrected chi connectivity index (χ4v) is 14.9. The summed E-state index contributed by atoms with van der Waals surface area (Å²) < 4.78 is 10.9. The maximum Gasteiger partial charge on any atom is 0.410 e. The number of piperazine rings is 3. The van der Waals surface area contributed by atoms with Crippen molar-refractivity contribution in [2.75, 3.05) is 168 Å². The molecule has 0 bridgehead atoms. The average molecular weight is 1500 g/mol. The van der Waals surface area contributed by atoms with Crippen molar-refractivity contribution < 1.29 is 33.4 Å². The van der Waals surface area contributed by atoms with Gasteiger partial charge in [-0.2, -0.15) is 0 Å². The third-order valence-corrected chi connectivity index (χ3v) is 20.8. The zero-order valence-corrected chi connectivity index (χ0v) is 63.0.